The minimum atomic E-state index is -1.48. The number of benzene rings is 2. The van der Waals surface area contributed by atoms with Crippen molar-refractivity contribution in [1.29, 1.82) is 0 Å². The van der Waals surface area contributed by atoms with Gasteiger partial charge in [-0.05, 0) is 99.6 Å². The molecular weight excluding hydrogens is 527 g/mol. The number of piperidine rings is 1. The number of aliphatic hydroxyl groups excluding tert-OH is 2. The van der Waals surface area contributed by atoms with E-state index in [1.807, 2.05) is 0 Å². The van der Waals surface area contributed by atoms with Crippen LogP contribution in [0.15, 0.2) is 36.5 Å². The van der Waals surface area contributed by atoms with Gasteiger partial charge in [0.1, 0.15) is 5.75 Å². The van der Waals surface area contributed by atoms with Crippen LogP contribution in [-0.4, -0.2) is 58.0 Å². The first-order valence-electron chi connectivity index (χ1n) is 13.3. The number of hydrogen-bond acceptors (Lipinski definition) is 7. The fourth-order valence-corrected chi connectivity index (χ4v) is 5.61. The van der Waals surface area contributed by atoms with E-state index in [9.17, 15) is 33.4 Å². The van der Waals surface area contributed by atoms with E-state index >= 15 is 0 Å². The number of nitrogens with zero attached hydrogens (tertiary/aromatic N) is 2. The molecule has 8 nitrogen and oxygen atoms in total. The topological polar surface area (TPSA) is 115 Å². The number of amides is 1. The van der Waals surface area contributed by atoms with E-state index in [2.05, 4.69) is 9.88 Å². The summed E-state index contributed by atoms with van der Waals surface area (Å²) in [6.07, 6.45) is 2.85. The number of likely N-dealkylation sites (tertiary alicyclic amines) is 1. The molecule has 0 aliphatic carbocycles. The Bertz CT molecular complexity index is 1320. The number of aryl methyl sites for hydroxylation is 1. The van der Waals surface area contributed by atoms with Gasteiger partial charge < -0.3 is 19.8 Å². The zero-order valence-electron chi connectivity index (χ0n) is 22.3. The number of aliphatic hydroxyl groups is 2. The summed E-state index contributed by atoms with van der Waals surface area (Å²) in [4.78, 5) is 19.3. The van der Waals surface area contributed by atoms with E-state index in [4.69, 9.17) is 4.74 Å². The van der Waals surface area contributed by atoms with Crippen LogP contribution in [0.5, 0.6) is 5.75 Å². The third kappa shape index (κ3) is 6.38. The summed E-state index contributed by atoms with van der Waals surface area (Å²) in [5.74, 6) is -3.83. The number of carbonyl (C=O) groups is 1. The Labute approximate surface area is 230 Å². The molecule has 1 amide bonds. The molecule has 4 rings (SSSR count). The average molecular weight is 562 g/mol. The second kappa shape index (κ2) is 12.9. The molecule has 2 heterocycles. The maximum atomic E-state index is 13.5. The number of pyridine rings is 1. The highest BCUT2D eigenvalue weighted by Gasteiger charge is 2.41. The molecule has 1 aliphatic heterocycles. The monoisotopic (exact) mass is 561 g/mol. The summed E-state index contributed by atoms with van der Waals surface area (Å²) in [7, 11) is 1.53. The van der Waals surface area contributed by atoms with Crippen LogP contribution in [0.1, 0.15) is 54.9 Å². The highest BCUT2D eigenvalue weighted by atomic mass is 19.2. The van der Waals surface area contributed by atoms with Crippen LogP contribution < -0.4 is 10.2 Å². The number of methoxy groups -OCH3 is 1. The fourth-order valence-electron chi connectivity index (χ4n) is 5.61. The van der Waals surface area contributed by atoms with Gasteiger partial charge in [0.05, 0.1) is 30.8 Å². The molecule has 3 aromatic rings. The quantitative estimate of drug-likeness (QED) is 0.158. The smallest absolute Gasteiger partial charge is 0.249 e. The van der Waals surface area contributed by atoms with Crippen LogP contribution in [0.4, 0.5) is 13.2 Å². The average Bonchev–Trinajstić information content (AvgIpc) is 2.97. The lowest BCUT2D eigenvalue weighted by atomic mass is 9.73. The Kier molecular flexibility index (Phi) is 9.62. The largest absolute Gasteiger partial charge is 0.497 e. The summed E-state index contributed by atoms with van der Waals surface area (Å²) < 4.78 is 45.5. The van der Waals surface area contributed by atoms with Crippen molar-refractivity contribution >= 4 is 16.8 Å². The highest BCUT2D eigenvalue weighted by molar-refractivity contribution is 5.85. The molecule has 1 saturated heterocycles. The molecule has 216 valence electrons. The number of fused-ring (bicyclic) bond motifs is 1. The SMILES string of the molecule is COc1ccc2ncc(CO)c([C@H](O)CCC3(C(=O)NO)CCN(CCCc4cc(F)c(F)c(F)c4)CC3)c2c1. The van der Waals surface area contributed by atoms with Crippen molar-refractivity contribution in [2.75, 3.05) is 26.7 Å². The Morgan fingerprint density at radius 3 is 2.50 bits per heavy atom. The molecule has 1 aromatic heterocycles. The molecule has 40 heavy (non-hydrogen) atoms. The first-order valence-corrected chi connectivity index (χ1v) is 13.3. The van der Waals surface area contributed by atoms with Crippen molar-refractivity contribution < 1.29 is 38.1 Å². The number of halogens is 3. The summed E-state index contributed by atoms with van der Waals surface area (Å²) in [6, 6.07) is 7.28. The minimum absolute atomic E-state index is 0.207. The van der Waals surface area contributed by atoms with Gasteiger partial charge in [0.2, 0.25) is 5.91 Å². The fraction of sp³-hybridized carbons (Fsp3) is 0.448. The van der Waals surface area contributed by atoms with Crippen molar-refractivity contribution in [3.63, 3.8) is 0 Å². The molecule has 1 atom stereocenters. The maximum absolute atomic E-state index is 13.5. The normalized spacial score (nSPS) is 16.2. The van der Waals surface area contributed by atoms with Gasteiger partial charge in [-0.3, -0.25) is 15.0 Å². The van der Waals surface area contributed by atoms with Gasteiger partial charge in [-0.25, -0.2) is 18.7 Å². The van der Waals surface area contributed by atoms with Crippen LogP contribution in [0, 0.1) is 22.9 Å². The van der Waals surface area contributed by atoms with Crippen molar-refractivity contribution in [3.8, 4) is 5.75 Å². The van der Waals surface area contributed by atoms with Gasteiger partial charge in [0.25, 0.3) is 0 Å². The molecule has 2 aromatic carbocycles. The predicted octanol–water partition coefficient (Wildman–Crippen LogP) is 4.19. The van der Waals surface area contributed by atoms with Crippen molar-refractivity contribution in [2.45, 2.75) is 51.2 Å². The predicted molar refractivity (Wildman–Crippen MR) is 141 cm³/mol. The van der Waals surface area contributed by atoms with E-state index in [1.165, 1.54) is 13.3 Å². The number of hydroxylamine groups is 1. The zero-order chi connectivity index (χ0) is 28.9. The van der Waals surface area contributed by atoms with Crippen LogP contribution in [0.3, 0.4) is 0 Å². The van der Waals surface area contributed by atoms with E-state index in [0.29, 0.717) is 85.1 Å². The second-order valence-corrected chi connectivity index (χ2v) is 10.3. The second-order valence-electron chi connectivity index (χ2n) is 10.3. The molecular formula is C29H34F3N3O5. The number of nitrogens with one attached hydrogen (secondary N) is 1. The Morgan fingerprint density at radius 1 is 1.18 bits per heavy atom. The van der Waals surface area contributed by atoms with E-state index in [-0.39, 0.29) is 13.0 Å². The minimum Gasteiger partial charge on any atom is -0.497 e. The summed E-state index contributed by atoms with van der Waals surface area (Å²) in [6.45, 7) is 1.39. The lowest BCUT2D eigenvalue weighted by molar-refractivity contribution is -0.143. The molecule has 1 aliphatic rings. The Morgan fingerprint density at radius 2 is 1.88 bits per heavy atom. The van der Waals surface area contributed by atoms with Gasteiger partial charge in [0.15, 0.2) is 17.5 Å². The molecule has 0 spiro atoms. The standard InChI is InChI=1S/C29H34F3N3O5/c1-40-20-4-5-24-21(15-20)26(19(17-36)16-33-24)25(37)6-7-29(28(38)34-39)8-11-35(12-9-29)10-2-3-18-13-22(30)27(32)23(31)14-18/h4-5,13-16,25,36-37,39H,2-3,6-12,17H2,1H3,(H,34,38)/t25-/m1/s1. The molecule has 4 N–H and O–H groups in total. The number of hydrogen-bond donors (Lipinski definition) is 4. The Hall–Kier alpha value is -3.25. The molecule has 0 saturated carbocycles. The molecule has 11 heteroatoms. The van der Waals surface area contributed by atoms with Crippen LogP contribution in [0.25, 0.3) is 10.9 Å². The van der Waals surface area contributed by atoms with Crippen molar-refractivity contribution in [1.82, 2.24) is 15.4 Å². The third-order valence-corrected chi connectivity index (χ3v) is 7.98. The Balaban J connectivity index is 1.41. The lowest BCUT2D eigenvalue weighted by Crippen LogP contribution is -2.48. The lowest BCUT2D eigenvalue weighted by Gasteiger charge is -2.40. The van der Waals surface area contributed by atoms with E-state index in [0.717, 1.165) is 12.1 Å². The summed E-state index contributed by atoms with van der Waals surface area (Å²) in [5.41, 5.74) is 2.90. The molecule has 1 fully saturated rings. The summed E-state index contributed by atoms with van der Waals surface area (Å²) in [5, 5.41) is 31.3. The van der Waals surface area contributed by atoms with Gasteiger partial charge in [-0.15, -0.1) is 0 Å². The summed E-state index contributed by atoms with van der Waals surface area (Å²) >= 11 is 0. The van der Waals surface area contributed by atoms with Crippen molar-refractivity contribution in [2.24, 2.45) is 5.41 Å². The van der Waals surface area contributed by atoms with E-state index < -0.39 is 34.9 Å². The van der Waals surface area contributed by atoms with Gasteiger partial charge in [-0.2, -0.15) is 0 Å². The number of carbonyl (C=O) groups excluding carboxylic acids is 1. The molecule has 0 bridgehead atoms. The maximum Gasteiger partial charge on any atom is 0.249 e. The zero-order valence-corrected chi connectivity index (χ0v) is 22.3. The molecule has 0 radical (unpaired) electrons. The number of rotatable bonds is 11. The van der Waals surface area contributed by atoms with Crippen LogP contribution in [-0.2, 0) is 17.8 Å². The highest BCUT2D eigenvalue weighted by Crippen LogP contribution is 2.40. The first-order chi connectivity index (χ1) is 19.2. The van der Waals surface area contributed by atoms with Gasteiger partial charge >= 0.3 is 0 Å². The van der Waals surface area contributed by atoms with Crippen LogP contribution in [0.2, 0.25) is 0 Å². The first kappa shape index (κ1) is 29.7. The number of ether oxygens (including phenoxy) is 1. The third-order valence-electron chi connectivity index (χ3n) is 7.98. The molecule has 0 unspecified atom stereocenters. The van der Waals surface area contributed by atoms with Gasteiger partial charge in [-0.1, -0.05) is 0 Å². The van der Waals surface area contributed by atoms with Crippen LogP contribution >= 0.6 is 0 Å². The number of aromatic nitrogens is 1. The van der Waals surface area contributed by atoms with E-state index in [1.54, 1.807) is 23.7 Å². The van der Waals surface area contributed by atoms with Crippen molar-refractivity contribution in [3.05, 3.63) is 70.7 Å². The van der Waals surface area contributed by atoms with Gasteiger partial charge in [0, 0.05) is 17.1 Å².